The Morgan fingerprint density at radius 1 is 1.43 bits per heavy atom. The first-order valence-electron chi connectivity index (χ1n) is 7.92. The maximum atomic E-state index is 12.3. The molecule has 1 amide bonds. The maximum Gasteiger partial charge on any atom is 0.241 e. The summed E-state index contributed by atoms with van der Waals surface area (Å²) in [5, 5.41) is 6.43. The van der Waals surface area contributed by atoms with E-state index >= 15 is 0 Å². The number of fused-ring (bicyclic) bond motifs is 1. The SMILES string of the molecule is CCOc1ccc(NC(=O)C2CC3CCCCC3N2)cn1. The van der Waals surface area contributed by atoms with E-state index in [1.165, 1.54) is 25.7 Å². The Labute approximate surface area is 125 Å². The minimum Gasteiger partial charge on any atom is -0.478 e. The van der Waals surface area contributed by atoms with Crippen LogP contribution >= 0.6 is 0 Å². The number of anilines is 1. The van der Waals surface area contributed by atoms with Gasteiger partial charge in [0.15, 0.2) is 0 Å². The van der Waals surface area contributed by atoms with Gasteiger partial charge in [-0.1, -0.05) is 12.8 Å². The molecule has 0 spiro atoms. The molecule has 2 heterocycles. The summed E-state index contributed by atoms with van der Waals surface area (Å²) < 4.78 is 5.29. The molecular formula is C16H23N3O2. The van der Waals surface area contributed by atoms with Crippen molar-refractivity contribution in [3.05, 3.63) is 18.3 Å². The van der Waals surface area contributed by atoms with E-state index in [0.717, 1.165) is 12.1 Å². The zero-order valence-electron chi connectivity index (χ0n) is 12.5. The summed E-state index contributed by atoms with van der Waals surface area (Å²) in [4.78, 5) is 16.5. The summed E-state index contributed by atoms with van der Waals surface area (Å²) >= 11 is 0. The molecule has 114 valence electrons. The fourth-order valence-corrected chi connectivity index (χ4v) is 3.44. The van der Waals surface area contributed by atoms with Crippen molar-refractivity contribution in [2.45, 2.75) is 51.1 Å². The number of hydrogen-bond donors (Lipinski definition) is 2. The first-order valence-corrected chi connectivity index (χ1v) is 7.92. The predicted molar refractivity (Wildman–Crippen MR) is 81.3 cm³/mol. The molecule has 1 saturated carbocycles. The lowest BCUT2D eigenvalue weighted by atomic mass is 9.85. The molecule has 1 aliphatic carbocycles. The van der Waals surface area contributed by atoms with Gasteiger partial charge < -0.3 is 15.4 Å². The van der Waals surface area contributed by atoms with E-state index in [2.05, 4.69) is 15.6 Å². The lowest BCUT2D eigenvalue weighted by Gasteiger charge is -2.24. The van der Waals surface area contributed by atoms with Crippen molar-refractivity contribution < 1.29 is 9.53 Å². The summed E-state index contributed by atoms with van der Waals surface area (Å²) in [7, 11) is 0. The molecular weight excluding hydrogens is 266 g/mol. The largest absolute Gasteiger partial charge is 0.478 e. The third kappa shape index (κ3) is 3.35. The van der Waals surface area contributed by atoms with Crippen LogP contribution in [0.25, 0.3) is 0 Å². The minimum atomic E-state index is -0.0651. The van der Waals surface area contributed by atoms with Crippen molar-refractivity contribution in [1.82, 2.24) is 10.3 Å². The number of carbonyl (C=O) groups excluding carboxylic acids is 1. The van der Waals surface area contributed by atoms with Crippen LogP contribution in [-0.2, 0) is 4.79 Å². The van der Waals surface area contributed by atoms with E-state index in [4.69, 9.17) is 4.74 Å². The average Bonchev–Trinajstić information content (AvgIpc) is 2.94. The molecule has 1 aromatic rings. The number of hydrogen-bond acceptors (Lipinski definition) is 4. The Hall–Kier alpha value is -1.62. The van der Waals surface area contributed by atoms with Gasteiger partial charge in [0.05, 0.1) is 24.5 Å². The number of ether oxygens (including phenoxy) is 1. The highest BCUT2D eigenvalue weighted by Crippen LogP contribution is 2.33. The fourth-order valence-electron chi connectivity index (χ4n) is 3.44. The molecule has 1 aromatic heterocycles. The highest BCUT2D eigenvalue weighted by molar-refractivity contribution is 5.95. The Bertz CT molecular complexity index is 475. The van der Waals surface area contributed by atoms with E-state index in [0.29, 0.717) is 24.4 Å². The summed E-state index contributed by atoms with van der Waals surface area (Å²) in [5.41, 5.74) is 0.722. The van der Waals surface area contributed by atoms with Gasteiger partial charge in [-0.3, -0.25) is 4.79 Å². The Kier molecular flexibility index (Phi) is 4.39. The van der Waals surface area contributed by atoms with Crippen molar-refractivity contribution in [1.29, 1.82) is 0 Å². The molecule has 1 aliphatic heterocycles. The molecule has 3 rings (SSSR count). The molecule has 2 aliphatic rings. The quantitative estimate of drug-likeness (QED) is 0.893. The summed E-state index contributed by atoms with van der Waals surface area (Å²) in [5.74, 6) is 1.31. The zero-order valence-corrected chi connectivity index (χ0v) is 12.5. The van der Waals surface area contributed by atoms with Gasteiger partial charge in [0.25, 0.3) is 0 Å². The molecule has 0 radical (unpaired) electrons. The van der Waals surface area contributed by atoms with Gasteiger partial charge in [0, 0.05) is 12.1 Å². The van der Waals surface area contributed by atoms with E-state index in [1.54, 1.807) is 12.3 Å². The van der Waals surface area contributed by atoms with Crippen molar-refractivity contribution in [2.24, 2.45) is 5.92 Å². The van der Waals surface area contributed by atoms with E-state index in [1.807, 2.05) is 13.0 Å². The van der Waals surface area contributed by atoms with Crippen LogP contribution in [0.5, 0.6) is 5.88 Å². The van der Waals surface area contributed by atoms with Crippen LogP contribution in [-0.4, -0.2) is 29.6 Å². The van der Waals surface area contributed by atoms with Crippen LogP contribution in [0, 0.1) is 5.92 Å². The Morgan fingerprint density at radius 2 is 2.29 bits per heavy atom. The lowest BCUT2D eigenvalue weighted by Crippen LogP contribution is -2.39. The fraction of sp³-hybridized carbons (Fsp3) is 0.625. The molecule has 5 heteroatoms. The number of nitrogens with zero attached hydrogens (tertiary/aromatic N) is 1. The number of amides is 1. The highest BCUT2D eigenvalue weighted by atomic mass is 16.5. The zero-order chi connectivity index (χ0) is 14.7. The van der Waals surface area contributed by atoms with E-state index < -0.39 is 0 Å². The first kappa shape index (κ1) is 14.3. The molecule has 0 aromatic carbocycles. The van der Waals surface area contributed by atoms with Crippen molar-refractivity contribution in [2.75, 3.05) is 11.9 Å². The third-order valence-corrected chi connectivity index (χ3v) is 4.48. The predicted octanol–water partition coefficient (Wildman–Crippen LogP) is 2.34. The maximum absolute atomic E-state index is 12.3. The van der Waals surface area contributed by atoms with Gasteiger partial charge in [0.2, 0.25) is 11.8 Å². The number of rotatable bonds is 4. The van der Waals surface area contributed by atoms with Crippen LogP contribution in [0.2, 0.25) is 0 Å². The normalized spacial score (nSPS) is 28.0. The molecule has 2 N–H and O–H groups in total. The van der Waals surface area contributed by atoms with Gasteiger partial charge >= 0.3 is 0 Å². The van der Waals surface area contributed by atoms with Gasteiger partial charge in [-0.25, -0.2) is 4.98 Å². The van der Waals surface area contributed by atoms with Gasteiger partial charge in [-0.05, 0) is 38.2 Å². The van der Waals surface area contributed by atoms with Gasteiger partial charge in [-0.15, -0.1) is 0 Å². The van der Waals surface area contributed by atoms with Crippen molar-refractivity contribution in [3.63, 3.8) is 0 Å². The van der Waals surface area contributed by atoms with Crippen LogP contribution in [0.1, 0.15) is 39.0 Å². The molecule has 0 bridgehead atoms. The van der Waals surface area contributed by atoms with Gasteiger partial charge in [0.1, 0.15) is 0 Å². The molecule has 5 nitrogen and oxygen atoms in total. The number of pyridine rings is 1. The first-order chi connectivity index (χ1) is 10.3. The monoisotopic (exact) mass is 289 g/mol. The lowest BCUT2D eigenvalue weighted by molar-refractivity contribution is -0.117. The molecule has 2 fully saturated rings. The van der Waals surface area contributed by atoms with E-state index in [9.17, 15) is 4.79 Å². The molecule has 21 heavy (non-hydrogen) atoms. The second kappa shape index (κ2) is 6.43. The summed E-state index contributed by atoms with van der Waals surface area (Å²) in [6.45, 7) is 2.51. The van der Waals surface area contributed by atoms with Gasteiger partial charge in [-0.2, -0.15) is 0 Å². The smallest absolute Gasteiger partial charge is 0.241 e. The van der Waals surface area contributed by atoms with Crippen LogP contribution in [0.4, 0.5) is 5.69 Å². The number of carbonyl (C=O) groups is 1. The van der Waals surface area contributed by atoms with E-state index in [-0.39, 0.29) is 11.9 Å². The summed E-state index contributed by atoms with van der Waals surface area (Å²) in [6.07, 6.45) is 7.66. The van der Waals surface area contributed by atoms with Crippen LogP contribution in [0.15, 0.2) is 18.3 Å². The van der Waals surface area contributed by atoms with Crippen LogP contribution < -0.4 is 15.4 Å². The second-order valence-corrected chi connectivity index (χ2v) is 5.91. The number of nitrogens with one attached hydrogen (secondary N) is 2. The standard InChI is InChI=1S/C16H23N3O2/c1-2-21-15-8-7-12(10-17-15)18-16(20)14-9-11-5-3-4-6-13(11)19-14/h7-8,10-11,13-14,19H,2-6,9H2,1H3,(H,18,20). The van der Waals surface area contributed by atoms with Crippen molar-refractivity contribution >= 4 is 11.6 Å². The van der Waals surface area contributed by atoms with Crippen LogP contribution in [0.3, 0.4) is 0 Å². The highest BCUT2D eigenvalue weighted by Gasteiger charge is 2.38. The Morgan fingerprint density at radius 3 is 3.00 bits per heavy atom. The van der Waals surface area contributed by atoms with Crippen molar-refractivity contribution in [3.8, 4) is 5.88 Å². The molecule has 1 saturated heterocycles. The molecule has 3 atom stereocenters. The Balaban J connectivity index is 1.56. The summed E-state index contributed by atoms with van der Waals surface area (Å²) in [6, 6.07) is 4.08. The minimum absolute atomic E-state index is 0.0513. The average molecular weight is 289 g/mol. The molecule has 3 unspecified atom stereocenters. The third-order valence-electron chi connectivity index (χ3n) is 4.48. The second-order valence-electron chi connectivity index (χ2n) is 5.91. The topological polar surface area (TPSA) is 63.2 Å². The number of aromatic nitrogens is 1.